The molecule has 3 rings (SSSR count). The second kappa shape index (κ2) is 11.0. The highest BCUT2D eigenvalue weighted by molar-refractivity contribution is 5.95. The normalized spacial score (nSPS) is 19.9. The Kier molecular flexibility index (Phi) is 9.34. The Hall–Kier alpha value is -2.19. The first kappa shape index (κ1) is 23.8. The van der Waals surface area contributed by atoms with Gasteiger partial charge in [0.15, 0.2) is 5.78 Å². The molecule has 1 aliphatic rings. The number of carbonyl (C=O) groups excluding carboxylic acids is 1. The van der Waals surface area contributed by atoms with Crippen molar-refractivity contribution in [2.75, 3.05) is 34.2 Å². The van der Waals surface area contributed by atoms with Gasteiger partial charge in [-0.3, -0.25) is 19.2 Å². The van der Waals surface area contributed by atoms with Crippen molar-refractivity contribution in [2.45, 2.75) is 31.4 Å². The summed E-state index contributed by atoms with van der Waals surface area (Å²) in [6.45, 7) is 1.90. The minimum Gasteiger partial charge on any atom is -0.870 e. The number of aliphatic hydroxyl groups is 1. The molecule has 28 heavy (non-hydrogen) atoms. The van der Waals surface area contributed by atoms with Gasteiger partial charge in [-0.1, -0.05) is 0 Å². The van der Waals surface area contributed by atoms with Crippen molar-refractivity contribution < 1.29 is 19.9 Å². The number of nitrogens with one attached hydrogen (secondary N) is 1. The molecule has 2 aromatic rings. The van der Waals surface area contributed by atoms with E-state index in [9.17, 15) is 9.90 Å². The van der Waals surface area contributed by atoms with Gasteiger partial charge >= 0.3 is 0 Å². The van der Waals surface area contributed by atoms with Crippen LogP contribution >= 0.6 is 0 Å². The van der Waals surface area contributed by atoms with Crippen molar-refractivity contribution in [3.63, 3.8) is 0 Å². The number of aromatic nitrogens is 2. The summed E-state index contributed by atoms with van der Waals surface area (Å²) < 4.78 is 0.638. The van der Waals surface area contributed by atoms with Crippen LogP contribution in [0.25, 0.3) is 0 Å². The zero-order valence-corrected chi connectivity index (χ0v) is 17.0. The molecule has 1 fully saturated rings. The SMILES string of the molecule is CNCCCC(=O)c1cccnc1.C[N+]1(C)CCCC1(O)c1cccnc1.[OH-]. The second-order valence-corrected chi connectivity index (χ2v) is 7.44. The van der Waals surface area contributed by atoms with Crippen LogP contribution in [0.1, 0.15) is 41.6 Å². The lowest BCUT2D eigenvalue weighted by molar-refractivity contribution is -0.962. The van der Waals surface area contributed by atoms with Crippen LogP contribution in [0.4, 0.5) is 0 Å². The third-order valence-electron chi connectivity index (χ3n) is 5.18. The first-order chi connectivity index (χ1) is 12.9. The van der Waals surface area contributed by atoms with Gasteiger partial charge in [-0.2, -0.15) is 0 Å². The summed E-state index contributed by atoms with van der Waals surface area (Å²) in [4.78, 5) is 19.4. The van der Waals surface area contributed by atoms with Gasteiger partial charge in [0.05, 0.1) is 26.2 Å². The van der Waals surface area contributed by atoms with Crippen LogP contribution in [0.2, 0.25) is 0 Å². The van der Waals surface area contributed by atoms with E-state index < -0.39 is 5.72 Å². The highest BCUT2D eigenvalue weighted by atomic mass is 16.3. The van der Waals surface area contributed by atoms with Gasteiger partial charge in [-0.15, -0.1) is 0 Å². The van der Waals surface area contributed by atoms with Crippen LogP contribution in [-0.4, -0.2) is 65.0 Å². The van der Waals surface area contributed by atoms with E-state index in [4.69, 9.17) is 0 Å². The molecular formula is C21H32N4O3. The first-order valence-corrected chi connectivity index (χ1v) is 9.44. The lowest BCUT2D eigenvalue weighted by Gasteiger charge is -2.39. The van der Waals surface area contributed by atoms with E-state index in [2.05, 4.69) is 29.4 Å². The fourth-order valence-electron chi connectivity index (χ4n) is 3.40. The molecular weight excluding hydrogens is 356 g/mol. The maximum Gasteiger partial charge on any atom is 0.228 e. The predicted molar refractivity (Wildman–Crippen MR) is 108 cm³/mol. The molecule has 7 nitrogen and oxygen atoms in total. The van der Waals surface area contributed by atoms with Gasteiger partial charge in [0, 0.05) is 49.6 Å². The zero-order valence-electron chi connectivity index (χ0n) is 17.0. The van der Waals surface area contributed by atoms with Crippen molar-refractivity contribution in [3.8, 4) is 0 Å². The van der Waals surface area contributed by atoms with E-state index in [1.807, 2.05) is 19.2 Å². The summed E-state index contributed by atoms with van der Waals surface area (Å²) in [6.07, 6.45) is 10.2. The molecule has 0 aromatic carbocycles. The molecule has 3 heterocycles. The monoisotopic (exact) mass is 388 g/mol. The topological polar surface area (TPSA) is 105 Å². The molecule has 3 N–H and O–H groups in total. The summed E-state index contributed by atoms with van der Waals surface area (Å²) in [7, 11) is 6.02. The first-order valence-electron chi connectivity index (χ1n) is 9.44. The maximum absolute atomic E-state index is 11.5. The third kappa shape index (κ3) is 5.90. The molecule has 1 atom stereocenters. The number of pyridine rings is 2. The Morgan fingerprint density at radius 1 is 1.21 bits per heavy atom. The Labute approximate surface area is 167 Å². The lowest BCUT2D eigenvalue weighted by Crippen LogP contribution is -2.52. The third-order valence-corrected chi connectivity index (χ3v) is 5.18. The summed E-state index contributed by atoms with van der Waals surface area (Å²) >= 11 is 0. The number of Topliss-reactive ketones (excluding diaryl/α,β-unsaturated/α-hetero) is 1. The van der Waals surface area contributed by atoms with Crippen molar-refractivity contribution >= 4 is 5.78 Å². The minimum atomic E-state index is -0.742. The molecule has 1 unspecified atom stereocenters. The number of carbonyl (C=O) groups is 1. The number of nitrogens with zero attached hydrogens (tertiary/aromatic N) is 3. The van der Waals surface area contributed by atoms with Crippen LogP contribution in [0.5, 0.6) is 0 Å². The standard InChI is InChI=1S/C11H17N2O.C10H14N2O.H2O/c1-13(2)8-4-6-11(13,14)10-5-3-7-12-9-10;1-11-6-3-5-10(13)9-4-2-7-12-8-9;/h3,5,7,9,14H,4,6,8H2,1-2H3;2,4,7-8,11H,3,5-6H2,1H3;1H2/q+1;;/p-1. The molecule has 0 spiro atoms. The van der Waals surface area contributed by atoms with Gasteiger partial charge in [0.25, 0.3) is 0 Å². The number of likely N-dealkylation sites (tertiary alicyclic amines) is 1. The molecule has 1 saturated heterocycles. The number of hydrogen-bond donors (Lipinski definition) is 2. The van der Waals surface area contributed by atoms with Gasteiger partial charge in [0.1, 0.15) is 0 Å². The molecule has 2 aromatic heterocycles. The molecule has 7 heteroatoms. The number of hydrogen-bond acceptors (Lipinski definition) is 6. The summed E-state index contributed by atoms with van der Waals surface area (Å²) in [5.74, 6) is 0.170. The van der Waals surface area contributed by atoms with Crippen LogP contribution < -0.4 is 5.32 Å². The molecule has 0 radical (unpaired) electrons. The number of quaternary nitrogens is 1. The summed E-state index contributed by atoms with van der Waals surface area (Å²) in [6, 6.07) is 7.42. The lowest BCUT2D eigenvalue weighted by atomic mass is 10.0. The average molecular weight is 389 g/mol. The molecule has 1 aliphatic heterocycles. The number of rotatable bonds is 6. The summed E-state index contributed by atoms with van der Waals surface area (Å²) in [5.41, 5.74) is 0.898. The highest BCUT2D eigenvalue weighted by Crippen LogP contribution is 2.39. The van der Waals surface area contributed by atoms with Gasteiger partial charge < -0.3 is 15.9 Å². The molecule has 154 valence electrons. The Bertz CT molecular complexity index is 710. The zero-order chi connectivity index (χ0) is 19.8. The smallest absolute Gasteiger partial charge is 0.228 e. The second-order valence-electron chi connectivity index (χ2n) is 7.44. The number of ketones is 1. The van der Waals surface area contributed by atoms with E-state index in [-0.39, 0.29) is 11.3 Å². The van der Waals surface area contributed by atoms with E-state index in [0.29, 0.717) is 16.5 Å². The van der Waals surface area contributed by atoms with Crippen LogP contribution in [-0.2, 0) is 5.72 Å². The van der Waals surface area contributed by atoms with E-state index in [1.54, 1.807) is 36.9 Å². The van der Waals surface area contributed by atoms with E-state index in [1.165, 1.54) is 0 Å². The molecule has 0 aliphatic carbocycles. The van der Waals surface area contributed by atoms with E-state index >= 15 is 0 Å². The fourth-order valence-corrected chi connectivity index (χ4v) is 3.40. The van der Waals surface area contributed by atoms with Crippen molar-refractivity contribution in [1.29, 1.82) is 0 Å². The quantitative estimate of drug-likeness (QED) is 0.446. The Balaban J connectivity index is 0.000000271. The van der Waals surface area contributed by atoms with Gasteiger partial charge in [0.2, 0.25) is 5.72 Å². The van der Waals surface area contributed by atoms with Crippen LogP contribution in [0.3, 0.4) is 0 Å². The molecule has 0 bridgehead atoms. The predicted octanol–water partition coefficient (Wildman–Crippen LogP) is 2.18. The average Bonchev–Trinajstić information content (AvgIpc) is 2.97. The maximum atomic E-state index is 11.5. The van der Waals surface area contributed by atoms with E-state index in [0.717, 1.165) is 37.9 Å². The highest BCUT2D eigenvalue weighted by Gasteiger charge is 2.49. The van der Waals surface area contributed by atoms with Gasteiger partial charge in [-0.05, 0) is 44.3 Å². The fraction of sp³-hybridized carbons (Fsp3) is 0.476. The minimum absolute atomic E-state index is 0. The van der Waals surface area contributed by atoms with Crippen molar-refractivity contribution in [2.24, 2.45) is 0 Å². The largest absolute Gasteiger partial charge is 0.870 e. The summed E-state index contributed by atoms with van der Waals surface area (Å²) in [5, 5.41) is 13.6. The Morgan fingerprint density at radius 3 is 2.39 bits per heavy atom. The van der Waals surface area contributed by atoms with Crippen molar-refractivity contribution in [1.82, 2.24) is 15.3 Å². The Morgan fingerprint density at radius 2 is 1.89 bits per heavy atom. The molecule has 0 saturated carbocycles. The van der Waals surface area contributed by atoms with Crippen LogP contribution in [0, 0.1) is 0 Å². The van der Waals surface area contributed by atoms with Crippen LogP contribution in [0.15, 0.2) is 49.1 Å². The molecule has 0 amide bonds. The van der Waals surface area contributed by atoms with Crippen molar-refractivity contribution in [3.05, 3.63) is 60.2 Å². The van der Waals surface area contributed by atoms with Gasteiger partial charge in [-0.25, -0.2) is 0 Å².